The number of carbonyl (C=O) groups excluding carboxylic acids is 7. The van der Waals surface area contributed by atoms with E-state index in [2.05, 4.69) is 16.0 Å². The first-order valence-corrected chi connectivity index (χ1v) is 19.8. The van der Waals surface area contributed by atoms with Gasteiger partial charge in [0.25, 0.3) is 17.7 Å². The van der Waals surface area contributed by atoms with E-state index in [1.54, 1.807) is 20.8 Å². The molecule has 0 spiro atoms. The summed E-state index contributed by atoms with van der Waals surface area (Å²) in [6, 6.07) is -2.80. The fraction of sp³-hybridized carbons (Fsp3) is 0.629. The summed E-state index contributed by atoms with van der Waals surface area (Å²) in [5.74, 6) is -4.04. The smallest absolute Gasteiger partial charge is 0.464 e. The number of fused-ring (bicyclic) bond motifs is 8. The molecule has 4 heterocycles. The fourth-order valence-corrected chi connectivity index (χ4v) is 7.11. The number of esters is 1. The third kappa shape index (κ3) is 15.5. The van der Waals surface area contributed by atoms with Crippen LogP contribution in [0.5, 0.6) is 0 Å². The predicted octanol–water partition coefficient (Wildman–Crippen LogP) is -0.355. The number of ether oxygens (including phenoxy) is 1. The number of aliphatic hydroxyl groups is 2. The summed E-state index contributed by atoms with van der Waals surface area (Å²) in [5.41, 5.74) is 1.52. The molecule has 0 aromatic heterocycles. The van der Waals surface area contributed by atoms with Crippen LogP contribution in [0.25, 0.3) is 0 Å². The number of aliphatic hydroxyl groups excluding tert-OH is 2. The molecule has 55 heavy (non-hydrogen) atoms. The Balaban J connectivity index is 2.13. The fourth-order valence-electron chi connectivity index (χ4n) is 5.74. The number of carbonyl (C=O) groups is 7. The van der Waals surface area contributed by atoms with Gasteiger partial charge in [0.2, 0.25) is 17.7 Å². The Morgan fingerprint density at radius 3 is 1.84 bits per heavy atom. The average molecular weight is 793 g/mol. The molecule has 4 rings (SSSR count). The van der Waals surface area contributed by atoms with Gasteiger partial charge in [0, 0.05) is 64.4 Å². The Morgan fingerprint density at radius 2 is 1.33 bits per heavy atom. The van der Waals surface area contributed by atoms with Crippen LogP contribution >= 0.6 is 0 Å². The highest BCUT2D eigenvalue weighted by molar-refractivity contribution is 6.36. The summed E-state index contributed by atoms with van der Waals surface area (Å²) in [5, 5.41) is 29.7. The maximum absolute atomic E-state index is 13.8. The van der Waals surface area contributed by atoms with Gasteiger partial charge in [-0.1, -0.05) is 16.7 Å². The van der Waals surface area contributed by atoms with Crippen molar-refractivity contribution in [1.82, 2.24) is 31.1 Å². The SMILES string of the molecule is CC(=O)NC1CCCN(C(=O)/C=C(\C)CCO)[O][Al]2[O]N(CCCC3NC(=O)C(CCCN(C(=O)/C=C(\C)CCO)[O]2)NC3=O)C(=O)C=C(C)CCOC1=O. The molecule has 0 radical (unpaired) electrons. The molecule has 19 nitrogen and oxygen atoms in total. The summed E-state index contributed by atoms with van der Waals surface area (Å²) in [6.45, 7) is 5.15. The highest BCUT2D eigenvalue weighted by atomic mass is 27.3. The van der Waals surface area contributed by atoms with Gasteiger partial charge in [0.1, 0.15) is 18.1 Å². The number of hydrogen-bond acceptors (Lipinski definition) is 13. The van der Waals surface area contributed by atoms with Crippen LogP contribution in [-0.2, 0) is 50.0 Å². The van der Waals surface area contributed by atoms with Crippen LogP contribution < -0.4 is 16.0 Å². The number of hydrogen-bond donors (Lipinski definition) is 5. The number of rotatable bonds is 7. The van der Waals surface area contributed by atoms with Gasteiger partial charge in [-0.15, -0.1) is 0 Å². The molecule has 304 valence electrons. The molecule has 0 saturated carbocycles. The molecule has 5 N–H and O–H groups in total. The van der Waals surface area contributed by atoms with Crippen molar-refractivity contribution in [2.75, 3.05) is 39.5 Å². The Kier molecular flexibility index (Phi) is 18.9. The summed E-state index contributed by atoms with van der Waals surface area (Å²) >= 11 is -3.88. The van der Waals surface area contributed by atoms with Gasteiger partial charge < -0.3 is 42.6 Å². The van der Waals surface area contributed by atoms with Crippen molar-refractivity contribution in [2.45, 2.75) is 104 Å². The monoisotopic (exact) mass is 792 g/mol. The molecule has 0 aromatic carbocycles. The van der Waals surface area contributed by atoms with Gasteiger partial charge in [-0.25, -0.2) is 20.0 Å². The van der Waals surface area contributed by atoms with Crippen molar-refractivity contribution < 1.29 is 60.2 Å². The largest absolute Gasteiger partial charge is 0.976 e. The molecular formula is C35H53AlN6O13. The van der Waals surface area contributed by atoms with Crippen LogP contribution in [0.1, 0.15) is 85.5 Å². The molecule has 3 atom stereocenters. The second kappa shape index (κ2) is 23.0. The van der Waals surface area contributed by atoms with Crippen molar-refractivity contribution in [3.8, 4) is 0 Å². The molecule has 0 aliphatic carbocycles. The van der Waals surface area contributed by atoms with Crippen molar-refractivity contribution in [3.63, 3.8) is 0 Å². The van der Waals surface area contributed by atoms with Crippen molar-refractivity contribution in [3.05, 3.63) is 34.9 Å². The van der Waals surface area contributed by atoms with E-state index < -0.39 is 74.7 Å². The summed E-state index contributed by atoms with van der Waals surface area (Å²) in [7, 11) is 0. The molecule has 0 aromatic rings. The predicted molar refractivity (Wildman–Crippen MR) is 194 cm³/mol. The number of amides is 6. The molecule has 4 aliphatic rings. The minimum Gasteiger partial charge on any atom is -0.464 e. The van der Waals surface area contributed by atoms with E-state index in [0.29, 0.717) is 16.7 Å². The van der Waals surface area contributed by atoms with Crippen LogP contribution in [0, 0.1) is 0 Å². The van der Waals surface area contributed by atoms with Gasteiger partial charge in [-0.2, -0.15) is 0 Å². The summed E-state index contributed by atoms with van der Waals surface area (Å²) in [6.07, 6.45) is 4.96. The second-order valence-electron chi connectivity index (χ2n) is 13.6. The van der Waals surface area contributed by atoms with Gasteiger partial charge in [-0.3, -0.25) is 28.8 Å². The van der Waals surface area contributed by atoms with E-state index in [1.165, 1.54) is 25.2 Å². The number of nitrogens with zero attached hydrogens (tertiary/aromatic N) is 3. The van der Waals surface area contributed by atoms with Crippen LogP contribution in [-0.4, -0.2) is 140 Å². The summed E-state index contributed by atoms with van der Waals surface area (Å²) in [4.78, 5) is 92.0. The zero-order valence-electron chi connectivity index (χ0n) is 31.9. The first-order valence-electron chi connectivity index (χ1n) is 18.4. The first-order chi connectivity index (χ1) is 26.2. The van der Waals surface area contributed by atoms with Crippen LogP contribution in [0.3, 0.4) is 0 Å². The van der Waals surface area contributed by atoms with Gasteiger partial charge in [0.15, 0.2) is 0 Å². The third-order valence-corrected chi connectivity index (χ3v) is 10.0. The Morgan fingerprint density at radius 1 is 0.818 bits per heavy atom. The number of nitrogens with one attached hydrogen (secondary N) is 3. The van der Waals surface area contributed by atoms with Gasteiger partial charge in [0.05, 0.1) is 6.61 Å². The molecule has 3 saturated heterocycles. The number of hydroxylamine groups is 6. The first kappa shape index (κ1) is 45.2. The van der Waals surface area contributed by atoms with Crippen molar-refractivity contribution in [2.24, 2.45) is 0 Å². The lowest BCUT2D eigenvalue weighted by Crippen LogP contribution is -2.61. The zero-order valence-corrected chi connectivity index (χ0v) is 33.0. The van der Waals surface area contributed by atoms with Crippen molar-refractivity contribution in [1.29, 1.82) is 0 Å². The lowest BCUT2D eigenvalue weighted by molar-refractivity contribution is -0.210. The molecule has 20 heteroatoms. The molecular weight excluding hydrogens is 739 g/mol. The second-order valence-corrected chi connectivity index (χ2v) is 14.8. The lowest BCUT2D eigenvalue weighted by Gasteiger charge is -2.31. The molecule has 4 aliphatic heterocycles. The van der Waals surface area contributed by atoms with E-state index >= 15 is 0 Å². The van der Waals surface area contributed by atoms with Crippen LogP contribution in [0.2, 0.25) is 0 Å². The maximum Gasteiger partial charge on any atom is 0.976 e. The summed E-state index contributed by atoms with van der Waals surface area (Å²) < 4.78 is 23.9. The van der Waals surface area contributed by atoms with Crippen LogP contribution in [0.4, 0.5) is 0 Å². The van der Waals surface area contributed by atoms with Crippen LogP contribution in [0.15, 0.2) is 34.9 Å². The standard InChI is InChI=1S/C35H53N6O13.Al/c1-23(11-17-42)20-30(45)39(51)14-5-8-27-33(48)38-28(34(49)37-27)9-6-15-40(52)32(47)22-25(3)13-19-54-35(50)29(36-26(4)44)10-7-16-41(53)31(46)21-24(2)12-18-43;/h20-22,27-29,42-43H,5-19H2,1-4H3,(H,36,44)(H,37,49)(H,38,48);/q-3;+3/b23-20+,24-21+,25-22?;. The van der Waals surface area contributed by atoms with E-state index in [4.69, 9.17) is 16.4 Å². The molecule has 4 bridgehead atoms. The van der Waals surface area contributed by atoms with Gasteiger partial charge in [-0.05, 0) is 72.1 Å². The highest BCUT2D eigenvalue weighted by Gasteiger charge is 2.44. The Hall–Kier alpha value is -4.16. The number of cyclic esters (lactones) is 1. The third-order valence-electron chi connectivity index (χ3n) is 8.73. The normalized spacial score (nSPS) is 23.5. The number of piperazine rings is 1. The van der Waals surface area contributed by atoms with E-state index in [-0.39, 0.29) is 97.2 Å². The van der Waals surface area contributed by atoms with E-state index in [9.17, 15) is 43.8 Å². The minimum absolute atomic E-state index is 0.0413. The van der Waals surface area contributed by atoms with Crippen molar-refractivity contribution >= 4 is 56.6 Å². The maximum atomic E-state index is 13.8. The quantitative estimate of drug-likeness (QED) is 0.126. The minimum atomic E-state index is -3.88. The topological polar surface area (TPSA) is 243 Å². The Labute approximate surface area is 325 Å². The van der Waals surface area contributed by atoms with E-state index in [0.717, 1.165) is 15.2 Å². The lowest BCUT2D eigenvalue weighted by atomic mass is 10.0. The molecule has 3 unspecified atom stereocenters. The van der Waals surface area contributed by atoms with Gasteiger partial charge >= 0.3 is 21.1 Å². The average Bonchev–Trinajstić information content (AvgIpc) is 3.11. The molecule has 6 amide bonds. The van der Waals surface area contributed by atoms with E-state index in [1.807, 2.05) is 0 Å². The highest BCUT2D eigenvalue weighted by Crippen LogP contribution is 2.17. The Bertz CT molecular complexity index is 1500. The zero-order chi connectivity index (χ0) is 40.5. The molecule has 3 fully saturated rings.